The number of fused-ring (bicyclic) bond motifs is 2. The number of halogens is 2. The van der Waals surface area contributed by atoms with Gasteiger partial charge in [0.1, 0.15) is 11.6 Å². The molecule has 4 nitrogen and oxygen atoms in total. The molecule has 1 N–H and O–H groups in total. The van der Waals surface area contributed by atoms with Crippen molar-refractivity contribution in [3.05, 3.63) is 81.9 Å². The first-order chi connectivity index (χ1) is 16.0. The smallest absolute Gasteiger partial charge is 0.328 e. The number of hydrogen-bond donors (Lipinski definition) is 1. The van der Waals surface area contributed by atoms with Crippen LogP contribution in [0.25, 0.3) is 11.6 Å². The minimum absolute atomic E-state index is 0.0489. The average Bonchev–Trinajstić information content (AvgIpc) is 3.44. The molecule has 0 radical (unpaired) electrons. The van der Waals surface area contributed by atoms with E-state index < -0.39 is 23.6 Å². The molecule has 6 heteroatoms. The maximum atomic E-state index is 15.6. The summed E-state index contributed by atoms with van der Waals surface area (Å²) in [5.41, 5.74) is 4.92. The van der Waals surface area contributed by atoms with Gasteiger partial charge in [-0.3, -0.25) is 4.90 Å². The Morgan fingerprint density at radius 1 is 1.24 bits per heavy atom. The van der Waals surface area contributed by atoms with E-state index >= 15 is 8.78 Å². The van der Waals surface area contributed by atoms with E-state index in [2.05, 4.69) is 24.0 Å². The Bertz CT molecular complexity index is 1130. The van der Waals surface area contributed by atoms with E-state index in [1.807, 2.05) is 12.1 Å². The lowest BCUT2D eigenvalue weighted by molar-refractivity contribution is -0.131. The van der Waals surface area contributed by atoms with Gasteiger partial charge < -0.3 is 9.84 Å². The molecule has 172 valence electrons. The van der Waals surface area contributed by atoms with Crippen LogP contribution < -0.4 is 0 Å². The van der Waals surface area contributed by atoms with Crippen molar-refractivity contribution in [2.45, 2.75) is 50.7 Å². The Morgan fingerprint density at radius 3 is 2.67 bits per heavy atom. The molecular formula is C27H27F2NO3. The van der Waals surface area contributed by atoms with E-state index in [9.17, 15) is 4.79 Å². The molecule has 2 heterocycles. The van der Waals surface area contributed by atoms with Gasteiger partial charge in [-0.15, -0.1) is 0 Å². The number of aliphatic carboxylic acids is 1. The highest BCUT2D eigenvalue weighted by Gasteiger charge is 2.45. The van der Waals surface area contributed by atoms with Crippen LogP contribution in [0.1, 0.15) is 54.5 Å². The predicted octanol–water partition coefficient (Wildman–Crippen LogP) is 5.39. The maximum Gasteiger partial charge on any atom is 0.328 e. The van der Waals surface area contributed by atoms with Crippen molar-refractivity contribution in [1.29, 1.82) is 0 Å². The number of rotatable bonds is 5. The zero-order valence-electron chi connectivity index (χ0n) is 18.6. The molecule has 0 saturated carbocycles. The van der Waals surface area contributed by atoms with E-state index in [-0.39, 0.29) is 23.2 Å². The minimum Gasteiger partial charge on any atom is -0.478 e. The van der Waals surface area contributed by atoms with Gasteiger partial charge in [0.05, 0.1) is 12.6 Å². The molecule has 1 saturated heterocycles. The number of ether oxygens (including phenoxy) is 1. The molecule has 0 amide bonds. The molecule has 2 aromatic carbocycles. The summed E-state index contributed by atoms with van der Waals surface area (Å²) in [5.74, 6) is -2.45. The van der Waals surface area contributed by atoms with Crippen LogP contribution in [-0.4, -0.2) is 41.3 Å². The normalized spacial score (nSPS) is 25.0. The van der Waals surface area contributed by atoms with Gasteiger partial charge in [0.15, 0.2) is 0 Å². The molecule has 1 unspecified atom stereocenters. The van der Waals surface area contributed by atoms with Gasteiger partial charge in [-0.2, -0.15) is 0 Å². The largest absolute Gasteiger partial charge is 0.478 e. The average molecular weight is 452 g/mol. The first-order valence-corrected chi connectivity index (χ1v) is 11.5. The third kappa shape index (κ3) is 3.91. The summed E-state index contributed by atoms with van der Waals surface area (Å²) < 4.78 is 36.9. The zero-order chi connectivity index (χ0) is 23.1. The maximum absolute atomic E-state index is 15.6. The standard InChI is InChI=1S/C27H27F2NO3/c1-2-18-14-21-20-6-4-3-5-17(20)13-22(21)27(30(18)19-9-10-33-15-19)26-23(28)11-16(12-24(26)29)7-8-25(31)32/h3-8,11-12,18-19,27H,2,9-10,13-15H2,1H3,(H,31,32)/b8-7+/t18-,19+,27?/m1/s1. The highest BCUT2D eigenvalue weighted by Crippen LogP contribution is 2.51. The van der Waals surface area contributed by atoms with Crippen LogP contribution in [-0.2, 0) is 16.0 Å². The fraction of sp³-hybridized carbons (Fsp3) is 0.370. The molecule has 2 aliphatic heterocycles. The summed E-state index contributed by atoms with van der Waals surface area (Å²) in [6.07, 6.45) is 5.35. The van der Waals surface area contributed by atoms with Crippen LogP contribution in [0.4, 0.5) is 8.78 Å². The number of hydrogen-bond acceptors (Lipinski definition) is 3. The lowest BCUT2D eigenvalue weighted by Gasteiger charge is -2.46. The molecule has 3 atom stereocenters. The summed E-state index contributed by atoms with van der Waals surface area (Å²) >= 11 is 0. The molecular weight excluding hydrogens is 424 g/mol. The van der Waals surface area contributed by atoms with E-state index in [1.165, 1.54) is 34.9 Å². The van der Waals surface area contributed by atoms with Crippen LogP contribution >= 0.6 is 0 Å². The van der Waals surface area contributed by atoms with Crippen LogP contribution in [0.5, 0.6) is 0 Å². The molecule has 0 aromatic heterocycles. The van der Waals surface area contributed by atoms with Gasteiger partial charge >= 0.3 is 5.97 Å². The van der Waals surface area contributed by atoms with E-state index in [0.29, 0.717) is 19.6 Å². The van der Waals surface area contributed by atoms with Crippen LogP contribution in [0, 0.1) is 11.6 Å². The van der Waals surface area contributed by atoms with Gasteiger partial charge in [0.25, 0.3) is 0 Å². The monoisotopic (exact) mass is 451 g/mol. The third-order valence-corrected chi connectivity index (χ3v) is 7.19. The van der Waals surface area contributed by atoms with Crippen molar-refractivity contribution in [2.24, 2.45) is 0 Å². The third-order valence-electron chi connectivity index (χ3n) is 7.19. The van der Waals surface area contributed by atoms with Crippen LogP contribution in [0.15, 0.2) is 48.0 Å². The Hall–Kier alpha value is -2.83. The highest BCUT2D eigenvalue weighted by molar-refractivity contribution is 5.85. The van der Waals surface area contributed by atoms with Crippen molar-refractivity contribution in [3.63, 3.8) is 0 Å². The fourth-order valence-electron chi connectivity index (χ4n) is 5.76. The van der Waals surface area contributed by atoms with Crippen molar-refractivity contribution >= 4 is 17.6 Å². The molecule has 1 aliphatic carbocycles. The first-order valence-electron chi connectivity index (χ1n) is 11.5. The van der Waals surface area contributed by atoms with Gasteiger partial charge in [-0.25, -0.2) is 13.6 Å². The Kier molecular flexibility index (Phi) is 5.89. The lowest BCUT2D eigenvalue weighted by Crippen LogP contribution is -2.49. The quantitative estimate of drug-likeness (QED) is 0.620. The van der Waals surface area contributed by atoms with Gasteiger partial charge in [-0.05, 0) is 71.7 Å². The summed E-state index contributed by atoms with van der Waals surface area (Å²) in [6, 6.07) is 10.4. The number of carboxylic acids is 1. The number of nitrogens with zero attached hydrogens (tertiary/aromatic N) is 1. The molecule has 1 fully saturated rings. The van der Waals surface area contributed by atoms with Crippen molar-refractivity contribution < 1.29 is 23.4 Å². The van der Waals surface area contributed by atoms with Gasteiger partial charge in [0.2, 0.25) is 0 Å². The second-order valence-corrected chi connectivity index (χ2v) is 9.04. The summed E-state index contributed by atoms with van der Waals surface area (Å²) in [4.78, 5) is 13.1. The van der Waals surface area contributed by atoms with Crippen LogP contribution in [0.2, 0.25) is 0 Å². The van der Waals surface area contributed by atoms with Crippen molar-refractivity contribution in [3.8, 4) is 0 Å². The first kappa shape index (κ1) is 22.0. The fourth-order valence-corrected chi connectivity index (χ4v) is 5.76. The SMILES string of the molecule is CC[C@@H]1CC2=C(Cc3ccccc32)C(c2c(F)cc(/C=C/C(=O)O)cc2F)N1[C@H]1CCOC1. The molecule has 0 bridgehead atoms. The topological polar surface area (TPSA) is 49.8 Å². The van der Waals surface area contributed by atoms with Crippen molar-refractivity contribution in [1.82, 2.24) is 4.90 Å². The van der Waals surface area contributed by atoms with Gasteiger partial charge in [0, 0.05) is 30.3 Å². The molecule has 0 spiro atoms. The van der Waals surface area contributed by atoms with E-state index in [4.69, 9.17) is 9.84 Å². The Morgan fingerprint density at radius 2 is 2.00 bits per heavy atom. The Balaban J connectivity index is 1.66. The molecule has 5 rings (SSSR count). The number of benzene rings is 2. The summed E-state index contributed by atoms with van der Waals surface area (Å²) in [7, 11) is 0. The summed E-state index contributed by atoms with van der Waals surface area (Å²) in [5, 5.41) is 8.87. The van der Waals surface area contributed by atoms with Gasteiger partial charge in [-0.1, -0.05) is 31.2 Å². The highest BCUT2D eigenvalue weighted by atomic mass is 19.1. The second-order valence-electron chi connectivity index (χ2n) is 9.04. The van der Waals surface area contributed by atoms with Crippen molar-refractivity contribution in [2.75, 3.05) is 13.2 Å². The molecule has 33 heavy (non-hydrogen) atoms. The number of carbonyl (C=O) groups is 1. The second kappa shape index (κ2) is 8.84. The Labute approximate surface area is 192 Å². The lowest BCUT2D eigenvalue weighted by atomic mass is 9.82. The van der Waals surface area contributed by atoms with E-state index in [0.717, 1.165) is 30.9 Å². The molecule has 2 aromatic rings. The minimum atomic E-state index is -1.16. The van der Waals surface area contributed by atoms with Crippen LogP contribution in [0.3, 0.4) is 0 Å². The molecule has 3 aliphatic rings. The predicted molar refractivity (Wildman–Crippen MR) is 123 cm³/mol. The number of carboxylic acid groups (broad SMARTS) is 1. The summed E-state index contributed by atoms with van der Waals surface area (Å²) in [6.45, 7) is 3.34. The zero-order valence-corrected chi connectivity index (χ0v) is 18.6. The van der Waals surface area contributed by atoms with E-state index in [1.54, 1.807) is 0 Å².